The van der Waals surface area contributed by atoms with Crippen LogP contribution in [0.25, 0.3) is 12.2 Å². The molecule has 0 spiro atoms. The van der Waals surface area contributed by atoms with E-state index in [9.17, 15) is 50.8 Å². The number of benzene rings is 6. The van der Waals surface area contributed by atoms with Crippen molar-refractivity contribution < 1.29 is 74.4 Å². The molecule has 5 fully saturated rings. The quantitative estimate of drug-likeness (QED) is 0.0670. The van der Waals surface area contributed by atoms with E-state index in [1.54, 1.807) is 111 Å². The minimum absolute atomic E-state index is 0.00984. The van der Waals surface area contributed by atoms with Gasteiger partial charge in [0, 0.05) is 168 Å². The highest BCUT2D eigenvalue weighted by molar-refractivity contribution is 7.92. The minimum atomic E-state index is -3.29. The molecule has 29 heteroatoms. The maximum atomic E-state index is 13.7. The summed E-state index contributed by atoms with van der Waals surface area (Å²) in [5.41, 5.74) is 8.67. The number of rotatable bonds is 20. The van der Waals surface area contributed by atoms with Crippen LogP contribution in [0.3, 0.4) is 0 Å². The fourth-order valence-corrected chi connectivity index (χ4v) is 17.3. The van der Waals surface area contributed by atoms with Gasteiger partial charge in [-0.05, 0) is 206 Å². The van der Waals surface area contributed by atoms with Crippen LogP contribution in [0.15, 0.2) is 230 Å². The highest BCUT2D eigenvalue weighted by atomic mass is 35.5. The molecule has 0 saturated carbocycles. The van der Waals surface area contributed by atoms with Gasteiger partial charge < -0.3 is 58.8 Å². The second kappa shape index (κ2) is 43.6. The van der Waals surface area contributed by atoms with E-state index in [2.05, 4.69) is 30.6 Å². The fraction of sp³-hybridized carbons (Fsp3) is 0.316. The first kappa shape index (κ1) is 91.5. The summed E-state index contributed by atoms with van der Waals surface area (Å²) in [6.07, 6.45) is 18.4. The van der Waals surface area contributed by atoms with Crippen LogP contribution in [-0.4, -0.2) is 186 Å². The lowest BCUT2D eigenvalue weighted by molar-refractivity contribution is -0.130. The van der Waals surface area contributed by atoms with E-state index in [1.165, 1.54) is 37.6 Å². The molecule has 11 heterocycles. The summed E-state index contributed by atoms with van der Waals surface area (Å²) >= 11 is 6.12. The Balaban J connectivity index is 0.000000136. The van der Waals surface area contributed by atoms with Crippen molar-refractivity contribution in [3.05, 3.63) is 298 Å². The van der Waals surface area contributed by atoms with Gasteiger partial charge >= 0.3 is 0 Å². The maximum Gasteiger partial charge on any atom is 0.246 e. The highest BCUT2D eigenvalue weighted by Gasteiger charge is 2.34. The lowest BCUT2D eigenvalue weighted by Crippen LogP contribution is -2.30. The van der Waals surface area contributed by atoms with E-state index in [1.807, 2.05) is 153 Å². The summed E-state index contributed by atoms with van der Waals surface area (Å²) in [6, 6.07) is 56.4. The maximum absolute atomic E-state index is 13.7. The van der Waals surface area contributed by atoms with Gasteiger partial charge in [-0.3, -0.25) is 43.5 Å². The molecule has 17 rings (SSSR count). The third-order valence-electron chi connectivity index (χ3n) is 23.1. The molecule has 2 N–H and O–H groups in total. The van der Waals surface area contributed by atoms with Gasteiger partial charge in [0.05, 0.1) is 36.5 Å². The second-order valence-electron chi connectivity index (χ2n) is 32.0. The Labute approximate surface area is 743 Å². The van der Waals surface area contributed by atoms with E-state index in [0.717, 1.165) is 138 Å². The molecule has 25 nitrogen and oxygen atoms in total. The third kappa shape index (κ3) is 24.9. The van der Waals surface area contributed by atoms with Crippen LogP contribution < -0.4 is 34.3 Å². The molecule has 5 unspecified atom stereocenters. The Bertz CT molecular complexity index is 5680. The van der Waals surface area contributed by atoms with E-state index >= 15 is 0 Å². The molecule has 0 bridgehead atoms. The lowest BCUT2D eigenvalue weighted by atomic mass is 9.97. The Morgan fingerprint density at radius 2 is 0.921 bits per heavy atom. The first-order chi connectivity index (χ1) is 61.4. The number of para-hydroxylation sites is 1. The number of pyridine rings is 4. The fourth-order valence-electron chi connectivity index (χ4n) is 16.0. The van der Waals surface area contributed by atoms with Gasteiger partial charge in [0.1, 0.15) is 29.0 Å². The number of anilines is 2. The average molecular weight is 1760 g/mol. The van der Waals surface area contributed by atoms with Crippen molar-refractivity contribution in [2.75, 3.05) is 96.8 Å². The van der Waals surface area contributed by atoms with Crippen molar-refractivity contribution in [2.24, 2.45) is 0 Å². The number of aromatic nitrogens is 4. The van der Waals surface area contributed by atoms with Crippen molar-refractivity contribution >= 4 is 86.6 Å². The topological polar surface area (TPSA) is 292 Å². The zero-order chi connectivity index (χ0) is 89.5. The molecule has 0 radical (unpaired) electrons. The number of halogens is 3. The number of fused-ring (bicyclic) bond motifs is 2. The van der Waals surface area contributed by atoms with Crippen molar-refractivity contribution in [1.29, 1.82) is 0 Å². The number of likely N-dealkylation sites (tertiary alicyclic amines) is 5. The number of methoxy groups -OCH3 is 1. The molecule has 0 aliphatic carbocycles. The van der Waals surface area contributed by atoms with Crippen LogP contribution >= 0.6 is 11.6 Å². The number of nitrogens with one attached hydrogen (secondary N) is 2. The van der Waals surface area contributed by atoms with Crippen LogP contribution in [-0.2, 0) is 62.7 Å². The summed E-state index contributed by atoms with van der Waals surface area (Å²) in [4.78, 5) is 111. The first-order valence-corrected chi connectivity index (χ1v) is 44.3. The molecule has 127 heavy (non-hydrogen) atoms. The molecule has 7 amide bonds. The average Bonchev–Trinajstić information content (AvgIpc) is 1.78. The number of hydrogen-bond donors (Lipinski definition) is 2. The SMILES string of the molecule is CC(=O)Nc1ccc(/C=C/C(=O)N2CCC(c3ccc4c(c3)OCO4)C2)cn1.CC(=O)Nc1ccc(/C=C/C(=O)N2CCC(c3ccccn3)C2)cn1.CC(C)S(=O)(=O)c1ccc(CC(=O)N2CCC(c3ccc4c(c3)OCO4)C2)cc1.COc1ccccc1C1CCN(C(=O)Cc2c(F)cccc2F)C1.O=C(Cc1ccccc1Cl)N1CCC(c2ccccn2)C1. The van der Waals surface area contributed by atoms with Crippen LogP contribution in [0.5, 0.6) is 28.7 Å². The second-order valence-corrected chi connectivity index (χ2v) is 34.9. The van der Waals surface area contributed by atoms with Crippen molar-refractivity contribution in [1.82, 2.24) is 44.4 Å². The Kier molecular flexibility index (Phi) is 31.4. The summed E-state index contributed by atoms with van der Waals surface area (Å²) in [6.45, 7) is 13.6. The van der Waals surface area contributed by atoms with Crippen LogP contribution in [0.4, 0.5) is 20.4 Å². The molecule has 660 valence electrons. The van der Waals surface area contributed by atoms with Crippen molar-refractivity contribution in [2.45, 2.75) is 119 Å². The van der Waals surface area contributed by atoms with Gasteiger partial charge in [0.25, 0.3) is 0 Å². The Hall–Kier alpha value is -13.2. The Morgan fingerprint density at radius 3 is 1.41 bits per heavy atom. The zero-order valence-corrected chi connectivity index (χ0v) is 73.0. The van der Waals surface area contributed by atoms with Crippen LogP contribution in [0.1, 0.15) is 145 Å². The number of sulfone groups is 1. The predicted molar refractivity (Wildman–Crippen MR) is 479 cm³/mol. The number of amides is 7. The highest BCUT2D eigenvalue weighted by Crippen LogP contribution is 2.40. The Morgan fingerprint density at radius 1 is 0.480 bits per heavy atom. The number of hydrogen-bond acceptors (Lipinski definition) is 18. The van der Waals surface area contributed by atoms with Gasteiger partial charge in [0.2, 0.25) is 54.9 Å². The summed E-state index contributed by atoms with van der Waals surface area (Å²) in [5.74, 6) is 4.51. The normalized spacial score (nSPS) is 17.7. The number of carbonyl (C=O) groups is 7. The number of ether oxygens (including phenoxy) is 5. The van der Waals surface area contributed by atoms with Gasteiger partial charge in [-0.15, -0.1) is 0 Å². The van der Waals surface area contributed by atoms with Gasteiger partial charge in [0.15, 0.2) is 32.8 Å². The zero-order valence-electron chi connectivity index (χ0n) is 71.4. The first-order valence-electron chi connectivity index (χ1n) is 42.4. The largest absolute Gasteiger partial charge is 0.496 e. The molecule has 6 aromatic carbocycles. The molecule has 7 aliphatic rings. The molecule has 7 aliphatic heterocycles. The lowest BCUT2D eigenvalue weighted by Gasteiger charge is -2.18. The monoisotopic (exact) mass is 1760 g/mol. The van der Waals surface area contributed by atoms with Crippen molar-refractivity contribution in [3.8, 4) is 28.7 Å². The predicted octanol–water partition coefficient (Wildman–Crippen LogP) is 15.2. The van der Waals surface area contributed by atoms with E-state index in [0.29, 0.717) is 78.5 Å². The van der Waals surface area contributed by atoms with Crippen LogP contribution in [0.2, 0.25) is 5.02 Å². The van der Waals surface area contributed by atoms with E-state index in [-0.39, 0.29) is 85.2 Å². The van der Waals surface area contributed by atoms with E-state index < -0.39 is 26.7 Å². The summed E-state index contributed by atoms with van der Waals surface area (Å²) in [7, 11) is -1.67. The molecule has 10 aromatic rings. The van der Waals surface area contributed by atoms with Gasteiger partial charge in [-0.25, -0.2) is 27.2 Å². The third-order valence-corrected chi connectivity index (χ3v) is 25.6. The standard InChI is InChI=1S/C22H25NO5S.C21H21N3O4.C19H19F2NO2.C19H20N4O2.C17H17ClN2O/c1-15(2)29(25,26)19-6-3-16(4-7-19)11-22(24)23-10-9-18(13-23)17-5-8-20-21(12-17)28-14-27-20;1-14(25)23-20-6-2-15(11-22-20)3-7-21(26)24-9-8-17(12-24)16-4-5-18-19(10-16)28-13-27-18;1-24-18-8-3-2-5-14(18)13-9-10-22(12-13)19(23)11-15-16(20)6-4-7-17(15)21;1-14(24)22-18-7-5-15(12-21-18)6-8-19(25)23-11-9-16(13-23)17-4-2-3-10-20-17;18-15-6-2-1-5-13(15)11-17(21)20-10-8-14(12-20)16-7-3-4-9-19-16/h3-8,12,15,18H,9-11,13-14H2,1-2H3;2-7,10-11,17H,8-9,12-13H2,1H3,(H,22,23,25);2-8,13H,9-12H2,1H3;2-8,10,12,16H,9,11,13H2,1H3,(H,21,22,24);1-7,9,14H,8,10-12H2/b;7-3+;;8-6+;. The molecular formula is C98H102ClF2N11O14S. The number of carbonyl (C=O) groups excluding carboxylic acids is 7. The van der Waals surface area contributed by atoms with E-state index in [4.69, 9.17) is 35.3 Å². The summed E-state index contributed by atoms with van der Waals surface area (Å²) in [5, 5.41) is 5.41. The van der Waals surface area contributed by atoms with Crippen LogP contribution in [0, 0.1) is 11.6 Å². The molecule has 5 atom stereocenters. The van der Waals surface area contributed by atoms with Gasteiger partial charge in [-0.1, -0.05) is 90.5 Å². The summed E-state index contributed by atoms with van der Waals surface area (Å²) < 4.78 is 78.9. The smallest absolute Gasteiger partial charge is 0.246 e. The number of nitrogens with zero attached hydrogens (tertiary/aromatic N) is 9. The minimum Gasteiger partial charge on any atom is -0.496 e. The molecule has 4 aromatic heterocycles. The van der Waals surface area contributed by atoms with Crippen molar-refractivity contribution in [3.63, 3.8) is 0 Å². The molecule has 5 saturated heterocycles. The van der Waals surface area contributed by atoms with Gasteiger partial charge in [-0.2, -0.15) is 0 Å². The molecular weight excluding hydrogens is 1660 g/mol.